The van der Waals surface area contributed by atoms with Gasteiger partial charge in [0.1, 0.15) is 11.3 Å². The van der Waals surface area contributed by atoms with E-state index in [9.17, 15) is 9.59 Å². The first-order valence-corrected chi connectivity index (χ1v) is 10.8. The van der Waals surface area contributed by atoms with Crippen molar-refractivity contribution in [2.75, 3.05) is 13.7 Å². The van der Waals surface area contributed by atoms with Crippen LogP contribution in [0.2, 0.25) is 0 Å². The Morgan fingerprint density at radius 3 is 2.59 bits per heavy atom. The van der Waals surface area contributed by atoms with Crippen LogP contribution in [0.5, 0.6) is 5.75 Å². The van der Waals surface area contributed by atoms with Crippen molar-refractivity contribution in [2.24, 2.45) is 5.92 Å². The fourth-order valence-electron chi connectivity index (χ4n) is 4.56. The molecule has 2 saturated carbocycles. The van der Waals surface area contributed by atoms with Gasteiger partial charge in [-0.05, 0) is 50.9 Å². The molecule has 1 aliphatic heterocycles. The zero-order valence-corrected chi connectivity index (χ0v) is 16.5. The zero-order valence-electron chi connectivity index (χ0n) is 16.5. The summed E-state index contributed by atoms with van der Waals surface area (Å²) in [5.74, 6) is 1.15. The Morgan fingerprint density at radius 1 is 1.11 bits per heavy atom. The first-order chi connectivity index (χ1) is 13.1. The van der Waals surface area contributed by atoms with Crippen molar-refractivity contribution < 1.29 is 9.53 Å². The highest BCUT2D eigenvalue weighted by molar-refractivity contribution is 5.98. The normalized spacial score (nSPS) is 20.6. The Morgan fingerprint density at radius 2 is 1.85 bits per heavy atom. The topological polar surface area (TPSA) is 51.5 Å². The van der Waals surface area contributed by atoms with Crippen molar-refractivity contribution in [3.8, 4) is 5.75 Å². The molecule has 5 nitrogen and oxygen atoms in total. The maximum Gasteiger partial charge on any atom is 0.259 e. The van der Waals surface area contributed by atoms with Crippen LogP contribution in [-0.4, -0.2) is 35.1 Å². The average Bonchev–Trinajstić information content (AvgIpc) is 3.53. The molecule has 2 fully saturated rings. The van der Waals surface area contributed by atoms with Gasteiger partial charge in [-0.2, -0.15) is 0 Å². The zero-order chi connectivity index (χ0) is 18.8. The van der Waals surface area contributed by atoms with Gasteiger partial charge in [-0.25, -0.2) is 0 Å². The van der Waals surface area contributed by atoms with Crippen LogP contribution >= 0.6 is 0 Å². The third kappa shape index (κ3) is 4.07. The number of carbonyl (C=O) groups excluding carboxylic acids is 1. The summed E-state index contributed by atoms with van der Waals surface area (Å²) in [5, 5.41) is 0. The highest BCUT2D eigenvalue weighted by atomic mass is 16.5. The molecular formula is C22H32N2O3. The number of nitrogens with zero attached hydrogens (tertiary/aromatic N) is 2. The molecule has 5 heteroatoms. The molecule has 0 saturated heterocycles. The van der Waals surface area contributed by atoms with Crippen molar-refractivity contribution in [1.82, 2.24) is 9.47 Å². The predicted molar refractivity (Wildman–Crippen MR) is 105 cm³/mol. The molecule has 0 unspecified atom stereocenters. The van der Waals surface area contributed by atoms with Crippen LogP contribution in [0.3, 0.4) is 0 Å². The minimum absolute atomic E-state index is 0.0189. The summed E-state index contributed by atoms with van der Waals surface area (Å²) < 4.78 is 7.88. The molecule has 0 aromatic carbocycles. The predicted octanol–water partition coefficient (Wildman–Crippen LogP) is 3.77. The van der Waals surface area contributed by atoms with E-state index in [2.05, 4.69) is 0 Å². The minimum atomic E-state index is -0.0189. The van der Waals surface area contributed by atoms with Gasteiger partial charge in [0.05, 0.1) is 6.61 Å². The highest BCUT2D eigenvalue weighted by Gasteiger charge is 2.31. The molecule has 1 aromatic heterocycles. The molecule has 3 aliphatic rings. The first kappa shape index (κ1) is 18.6. The van der Waals surface area contributed by atoms with Gasteiger partial charge < -0.3 is 14.2 Å². The van der Waals surface area contributed by atoms with E-state index < -0.39 is 0 Å². The molecule has 2 heterocycles. The van der Waals surface area contributed by atoms with Crippen LogP contribution in [0.25, 0.3) is 0 Å². The molecule has 4 rings (SSSR count). The number of rotatable bonds is 5. The lowest BCUT2D eigenvalue weighted by atomic mass is 9.93. The van der Waals surface area contributed by atoms with Gasteiger partial charge in [0.2, 0.25) is 0 Å². The Kier molecular flexibility index (Phi) is 5.55. The summed E-state index contributed by atoms with van der Waals surface area (Å²) in [6, 6.07) is 1.87. The summed E-state index contributed by atoms with van der Waals surface area (Å²) in [5.41, 5.74) is 1.54. The first-order valence-electron chi connectivity index (χ1n) is 10.8. The van der Waals surface area contributed by atoms with Crippen LogP contribution in [0, 0.1) is 5.92 Å². The Hall–Kier alpha value is -1.78. The van der Waals surface area contributed by atoms with Gasteiger partial charge >= 0.3 is 0 Å². The van der Waals surface area contributed by atoms with Crippen molar-refractivity contribution in [2.45, 2.75) is 83.2 Å². The van der Waals surface area contributed by atoms with E-state index in [1.807, 2.05) is 16.5 Å². The van der Waals surface area contributed by atoms with Gasteiger partial charge in [0.25, 0.3) is 11.5 Å². The molecule has 0 spiro atoms. The summed E-state index contributed by atoms with van der Waals surface area (Å²) in [7, 11) is 1.93. The third-order valence-corrected chi connectivity index (χ3v) is 6.50. The van der Waals surface area contributed by atoms with E-state index in [4.69, 9.17) is 4.74 Å². The summed E-state index contributed by atoms with van der Waals surface area (Å²) in [4.78, 5) is 28.2. The van der Waals surface area contributed by atoms with Crippen LogP contribution in [0.4, 0.5) is 0 Å². The van der Waals surface area contributed by atoms with Crippen LogP contribution < -0.4 is 10.3 Å². The molecular weight excluding hydrogens is 340 g/mol. The molecule has 0 radical (unpaired) electrons. The van der Waals surface area contributed by atoms with Gasteiger partial charge in [-0.3, -0.25) is 9.59 Å². The van der Waals surface area contributed by atoms with E-state index in [0.717, 1.165) is 44.2 Å². The van der Waals surface area contributed by atoms with Gasteiger partial charge in [0, 0.05) is 31.4 Å². The largest absolute Gasteiger partial charge is 0.492 e. The molecule has 0 atom stereocenters. The van der Waals surface area contributed by atoms with Gasteiger partial charge in [-0.15, -0.1) is 0 Å². The molecule has 2 aliphatic carbocycles. The quantitative estimate of drug-likeness (QED) is 0.791. The van der Waals surface area contributed by atoms with Crippen LogP contribution in [-0.2, 0) is 13.0 Å². The van der Waals surface area contributed by atoms with E-state index in [1.165, 1.54) is 32.1 Å². The molecule has 148 valence electrons. The van der Waals surface area contributed by atoms with Gasteiger partial charge in [0.15, 0.2) is 0 Å². The van der Waals surface area contributed by atoms with Crippen LogP contribution in [0.1, 0.15) is 80.3 Å². The van der Waals surface area contributed by atoms with Crippen LogP contribution in [0.15, 0.2) is 10.9 Å². The average molecular weight is 373 g/mol. The number of carbonyl (C=O) groups is 1. The fourth-order valence-corrected chi connectivity index (χ4v) is 4.56. The molecule has 1 aromatic rings. The number of amides is 1. The second-order valence-corrected chi connectivity index (χ2v) is 8.59. The Bertz CT molecular complexity index is 745. The molecule has 1 amide bonds. The van der Waals surface area contributed by atoms with E-state index in [0.29, 0.717) is 36.4 Å². The highest BCUT2D eigenvalue weighted by Crippen LogP contribution is 2.33. The maximum atomic E-state index is 13.6. The number of aromatic nitrogens is 1. The lowest BCUT2D eigenvalue weighted by Gasteiger charge is -2.32. The van der Waals surface area contributed by atoms with E-state index in [1.54, 1.807) is 6.07 Å². The second kappa shape index (κ2) is 8.07. The van der Waals surface area contributed by atoms with Crippen molar-refractivity contribution >= 4 is 5.91 Å². The molecule has 27 heavy (non-hydrogen) atoms. The molecule has 0 N–H and O–H groups in total. The number of fused-ring (bicyclic) bond motifs is 1. The van der Waals surface area contributed by atoms with Gasteiger partial charge in [-0.1, -0.05) is 25.7 Å². The van der Waals surface area contributed by atoms with Crippen molar-refractivity contribution in [3.05, 3.63) is 27.7 Å². The SMILES string of the molecule is CN(C(=O)c1c(OCC2CC2)cc(=O)n2c1CCCCC2)C1CCCCC1. The number of hydrogen-bond acceptors (Lipinski definition) is 3. The lowest BCUT2D eigenvalue weighted by molar-refractivity contribution is 0.0689. The maximum absolute atomic E-state index is 13.6. The number of hydrogen-bond donors (Lipinski definition) is 0. The number of pyridine rings is 1. The monoisotopic (exact) mass is 372 g/mol. The summed E-state index contributed by atoms with van der Waals surface area (Å²) in [6.07, 6.45) is 12.1. The Balaban J connectivity index is 1.70. The second-order valence-electron chi connectivity index (χ2n) is 8.59. The fraction of sp³-hybridized carbons (Fsp3) is 0.727. The van der Waals surface area contributed by atoms with E-state index >= 15 is 0 Å². The number of ether oxygens (including phenoxy) is 1. The lowest BCUT2D eigenvalue weighted by Crippen LogP contribution is -2.40. The minimum Gasteiger partial charge on any atom is -0.492 e. The summed E-state index contributed by atoms with van der Waals surface area (Å²) >= 11 is 0. The smallest absolute Gasteiger partial charge is 0.259 e. The van der Waals surface area contributed by atoms with Crippen molar-refractivity contribution in [3.63, 3.8) is 0 Å². The molecule has 0 bridgehead atoms. The standard InChI is InChI=1S/C22H32N2O3/c1-23(17-8-4-2-5-9-17)22(26)21-18-10-6-3-7-13-24(18)20(25)14-19(21)27-15-16-11-12-16/h14,16-17H,2-13,15H2,1H3. The van der Waals surface area contributed by atoms with E-state index in [-0.39, 0.29) is 11.5 Å². The Labute approximate surface area is 161 Å². The summed E-state index contributed by atoms with van der Waals surface area (Å²) in [6.45, 7) is 1.33. The third-order valence-electron chi connectivity index (χ3n) is 6.50. The van der Waals surface area contributed by atoms with Crippen molar-refractivity contribution in [1.29, 1.82) is 0 Å².